The molecule has 9 heterocycles. The first-order chi connectivity index (χ1) is 42.5. The lowest BCUT2D eigenvalue weighted by atomic mass is 9.90. The second kappa shape index (κ2) is 27.2. The van der Waals surface area contributed by atoms with Crippen LogP contribution in [0.25, 0.3) is 43.4 Å². The van der Waals surface area contributed by atoms with E-state index in [1.54, 1.807) is 84.8 Å². The highest BCUT2D eigenvalue weighted by Crippen LogP contribution is 2.43. The molecule has 7 atom stereocenters. The number of phenolic OH excluding ortho intramolecular Hbond substituents is 1. The van der Waals surface area contributed by atoms with Gasteiger partial charge < -0.3 is 51.4 Å². The Balaban J connectivity index is 0.989. The summed E-state index contributed by atoms with van der Waals surface area (Å²) in [5, 5.41) is 52.9. The summed E-state index contributed by atoms with van der Waals surface area (Å²) in [4.78, 5) is 120. The largest absolute Gasteiger partial charge is 0.508 e. The zero-order chi connectivity index (χ0) is 61.8. The van der Waals surface area contributed by atoms with Crippen molar-refractivity contribution in [1.82, 2.24) is 55.7 Å². The third kappa shape index (κ3) is 13.7. The van der Waals surface area contributed by atoms with Crippen molar-refractivity contribution in [3.8, 4) is 49.1 Å². The van der Waals surface area contributed by atoms with Gasteiger partial charge in [0.25, 0.3) is 17.7 Å². The number of nitrogens with two attached hydrogens (primary N) is 1. The van der Waals surface area contributed by atoms with Crippen molar-refractivity contribution in [1.29, 1.82) is 0 Å². The molecule has 454 valence electrons. The molecular weight excluding hydrogens is 1250 g/mol. The Morgan fingerprint density at radius 3 is 2.17 bits per heavy atom. The number of benzene rings is 2. The maximum Gasteiger partial charge on any atom is 0.271 e. The Bertz CT molecular complexity index is 4030. The number of aliphatic hydroxyl groups is 2. The van der Waals surface area contributed by atoms with Gasteiger partial charge in [0.05, 0.1) is 61.2 Å². The van der Waals surface area contributed by atoms with E-state index in [1.165, 1.54) is 56.4 Å². The predicted molar refractivity (Wildman–Crippen MR) is 332 cm³/mol. The molecule has 2 aromatic carbocycles. The van der Waals surface area contributed by atoms with Crippen molar-refractivity contribution < 1.29 is 53.6 Å². The summed E-state index contributed by atoms with van der Waals surface area (Å²) >= 11 is 7.07. The lowest BCUT2D eigenvalue weighted by Gasteiger charge is -2.29. The first-order valence-electron chi connectivity index (χ1n) is 27.5. The van der Waals surface area contributed by atoms with Crippen molar-refractivity contribution in [2.24, 2.45) is 11.7 Å². The number of nitrogens with one attached hydrogen (secondary N) is 3. The van der Waals surface area contributed by atoms with Gasteiger partial charge in [-0.3, -0.25) is 28.8 Å². The highest BCUT2D eigenvalue weighted by Gasteiger charge is 2.45. The molecule has 9 aromatic rings. The third-order valence-electron chi connectivity index (χ3n) is 14.7. The number of phenols is 1. The van der Waals surface area contributed by atoms with Crippen LogP contribution in [-0.2, 0) is 25.5 Å². The fourth-order valence-corrected chi connectivity index (χ4v) is 15.5. The number of ether oxygens (including phenoxy) is 2. The van der Waals surface area contributed by atoms with Gasteiger partial charge in [0.15, 0.2) is 5.78 Å². The van der Waals surface area contributed by atoms with Crippen LogP contribution < -0.4 is 21.7 Å². The van der Waals surface area contributed by atoms with Gasteiger partial charge in [-0.05, 0) is 42.3 Å². The van der Waals surface area contributed by atoms with Gasteiger partial charge in [0.1, 0.15) is 76.7 Å². The minimum Gasteiger partial charge on any atom is -0.508 e. The molecule has 1 saturated heterocycles. The molecule has 0 unspecified atom stereocenters. The van der Waals surface area contributed by atoms with Crippen molar-refractivity contribution in [2.45, 2.75) is 69.4 Å². The van der Waals surface area contributed by atoms with Crippen LogP contribution in [0.4, 0.5) is 0 Å². The van der Waals surface area contributed by atoms with Crippen LogP contribution in [0, 0.1) is 12.8 Å². The molecule has 11 rings (SSSR count). The lowest BCUT2D eigenvalue weighted by Crippen LogP contribution is -2.50. The van der Waals surface area contributed by atoms with Crippen molar-refractivity contribution >= 4 is 103 Å². The van der Waals surface area contributed by atoms with Gasteiger partial charge in [-0.25, -0.2) is 34.9 Å². The molecule has 0 radical (unpaired) electrons. The van der Waals surface area contributed by atoms with Gasteiger partial charge in [0.2, 0.25) is 11.8 Å². The van der Waals surface area contributed by atoms with E-state index in [0.29, 0.717) is 77.6 Å². The number of amides is 5. The van der Waals surface area contributed by atoms with Crippen LogP contribution in [0.5, 0.6) is 5.75 Å². The van der Waals surface area contributed by atoms with Crippen molar-refractivity contribution in [3.05, 3.63) is 147 Å². The Kier molecular flexibility index (Phi) is 19.1. The molecule has 0 aliphatic carbocycles. The number of aromatic hydroxyl groups is 1. The van der Waals surface area contributed by atoms with E-state index in [2.05, 4.69) is 20.9 Å². The van der Waals surface area contributed by atoms with E-state index < -0.39 is 77.5 Å². The van der Waals surface area contributed by atoms with Gasteiger partial charge in [-0.2, -0.15) is 0 Å². The Hall–Kier alpha value is -7.97. The summed E-state index contributed by atoms with van der Waals surface area (Å²) in [6, 6.07) is 15.3. The summed E-state index contributed by atoms with van der Waals surface area (Å²) in [5.74, 6) is -5.08. The zero-order valence-electron chi connectivity index (χ0n) is 47.1. The number of aromatic nitrogens is 7. The first-order valence-corrected chi connectivity index (χ1v) is 32.8. The number of fused-ring (bicyclic) bond motifs is 16. The molecule has 8 N–H and O–H groups in total. The number of hydrogen-bond donors (Lipinski definition) is 7. The predicted octanol–water partition coefficient (Wildman–Crippen LogP) is 7.57. The van der Waals surface area contributed by atoms with E-state index in [9.17, 15) is 39.3 Å². The number of Topliss-reactive ketones (excluding diaryl/α,β-unsaturated/α-hetero) is 1. The number of pyridine rings is 1. The average molecular weight is 1300 g/mol. The van der Waals surface area contributed by atoms with Gasteiger partial charge in [-0.15, -0.1) is 68.0 Å². The number of aryl methyl sites for hydroxylation is 1. The molecule has 0 spiro atoms. The number of primary amides is 1. The number of rotatable bonds is 14. The second-order valence-corrected chi connectivity index (χ2v) is 26.3. The number of carbonyl (C=O) groups is 6. The molecule has 2 aliphatic heterocycles. The lowest BCUT2D eigenvalue weighted by molar-refractivity contribution is -0.134. The van der Waals surface area contributed by atoms with Gasteiger partial charge >= 0.3 is 0 Å². The maximum atomic E-state index is 15.2. The summed E-state index contributed by atoms with van der Waals surface area (Å²) in [7, 11) is 1.57. The average Bonchev–Trinajstić information content (AvgIpc) is 1.87. The number of carbonyl (C=O) groups excluding carboxylic acids is 6. The van der Waals surface area contributed by atoms with Crippen molar-refractivity contribution in [2.75, 3.05) is 40.0 Å². The highest BCUT2D eigenvalue weighted by atomic mass is 32.1. The monoisotopic (exact) mass is 1300 g/mol. The van der Waals surface area contributed by atoms with E-state index in [-0.39, 0.29) is 77.5 Å². The Labute approximate surface area is 526 Å². The van der Waals surface area contributed by atoms with Gasteiger partial charge in [-0.1, -0.05) is 49.4 Å². The summed E-state index contributed by atoms with van der Waals surface area (Å²) in [6.07, 6.45) is -3.01. The SMILES string of the molecule is COCCOCCNC(=O)c1csc(-c2ccc3c(n2)-c2csc(n2)-c2csc(n2)[C@@H]2[C@@H](C)[C@@H](O)CN2C(=O)[C@H](Cc2ccc(O)cc2)NC(=O)c2csc(n2)[C@H]([C@H](O)c2ccccc2)CC(=O)c2nc(sc2C)[C@H](CC(N)=O)NC(=O)c2csc-3n2)n1. The minimum absolute atomic E-state index is 0.00303. The Morgan fingerprint density at radius 1 is 0.727 bits per heavy atom. The topological polar surface area (TPSA) is 337 Å². The van der Waals surface area contributed by atoms with E-state index in [0.717, 1.165) is 34.0 Å². The number of thiazole rings is 6. The smallest absolute Gasteiger partial charge is 0.271 e. The molecule has 23 nitrogen and oxygen atoms in total. The summed E-state index contributed by atoms with van der Waals surface area (Å²) in [5.41, 5.74) is 9.11. The fourth-order valence-electron chi connectivity index (χ4n) is 10.1. The minimum atomic E-state index is -1.30. The highest BCUT2D eigenvalue weighted by molar-refractivity contribution is 7.15. The van der Waals surface area contributed by atoms with Crippen LogP contribution in [0.15, 0.2) is 93.6 Å². The normalized spacial score (nSPS) is 19.4. The van der Waals surface area contributed by atoms with Crippen LogP contribution in [0.2, 0.25) is 0 Å². The molecule has 1 fully saturated rings. The van der Waals surface area contributed by atoms with Crippen LogP contribution >= 0.6 is 68.0 Å². The third-order valence-corrected chi connectivity index (χ3v) is 20.3. The van der Waals surface area contributed by atoms with Crippen LogP contribution in [0.3, 0.4) is 0 Å². The fraction of sp³-hybridized carbons (Fsp3) is 0.305. The van der Waals surface area contributed by atoms with E-state index in [4.69, 9.17) is 45.1 Å². The quantitative estimate of drug-likeness (QED) is 0.0516. The standard InChI is InChI=1S/C59H56N12O11S6/c1-28-44(74)22-71-48(28)58-69-42(27-87-58)56-65-38(23-85-56)47-33(13-14-35(62-47)55-68-39(24-86-55)50(77)61-15-16-82-18-17-81-3)53-66-40(25-83-53)51(78)63-36(21-45(60)75)57-70-46(29(2)88-57)43(73)20-34(49(76)31-7-5-4-6-8-31)54-67-41(26-84-54)52(79)64-37(59(71)80)19-30-9-11-32(72)12-10-30/h4-14,23-28,34,36-37,44,48-49,72,74,76H,15-22H2,1-3H3,(H2,60,75)(H,61,77)(H,63,78)(H,64,79)/t28-,34-,36-,37-,44-,48-,49+/m0/s1. The zero-order valence-corrected chi connectivity index (χ0v) is 52.0. The second-order valence-electron chi connectivity index (χ2n) is 20.7. The molecule has 0 saturated carbocycles. The number of nitrogens with zero attached hydrogens (tertiary/aromatic N) is 8. The molecule has 88 heavy (non-hydrogen) atoms. The molecule has 5 amide bonds. The number of aliphatic hydroxyl groups excluding tert-OH is 2. The summed E-state index contributed by atoms with van der Waals surface area (Å²) in [6.45, 7) is 4.76. The van der Waals surface area contributed by atoms with Gasteiger partial charge in [0, 0.05) is 82.2 Å². The molecule has 10 bridgehead atoms. The van der Waals surface area contributed by atoms with E-state index in [1.807, 2.05) is 12.3 Å². The first kappa shape index (κ1) is 61.7. The molecular formula is C59H56N12O11S6. The number of methoxy groups -OCH3 is 1. The maximum absolute atomic E-state index is 15.2. The molecule has 29 heteroatoms. The number of ketones is 1. The molecule has 7 aromatic heterocycles. The van der Waals surface area contributed by atoms with Crippen LogP contribution in [0.1, 0.15) is 117 Å². The van der Waals surface area contributed by atoms with E-state index >= 15 is 4.79 Å². The number of hydrogen-bond acceptors (Lipinski definition) is 24. The Morgan fingerprint density at radius 2 is 1.40 bits per heavy atom. The summed E-state index contributed by atoms with van der Waals surface area (Å²) < 4.78 is 10.5. The van der Waals surface area contributed by atoms with Crippen molar-refractivity contribution in [3.63, 3.8) is 0 Å². The molecule has 2 aliphatic rings. The van der Waals surface area contributed by atoms with Crippen LogP contribution in [-0.4, -0.2) is 143 Å².